The molecule has 0 aromatic heterocycles. The Balaban J connectivity index is 2.54. The second kappa shape index (κ2) is 7.67. The van der Waals surface area contributed by atoms with Gasteiger partial charge in [-0.1, -0.05) is 18.7 Å². The summed E-state index contributed by atoms with van der Waals surface area (Å²) in [5, 5.41) is 18.7. The number of aliphatic hydroxyl groups excluding tert-OH is 1. The number of hydrogen-bond donors (Lipinski definition) is 2. The number of carboxylic acids is 1. The van der Waals surface area contributed by atoms with Gasteiger partial charge in [-0.2, -0.15) is 0 Å². The summed E-state index contributed by atoms with van der Waals surface area (Å²) in [5.41, 5.74) is 1.66. The third-order valence-corrected chi connectivity index (χ3v) is 2.64. The zero-order chi connectivity index (χ0) is 15.1. The van der Waals surface area contributed by atoms with E-state index in [1.165, 1.54) is 0 Å². The molecule has 2 N–H and O–H groups in total. The predicted molar refractivity (Wildman–Crippen MR) is 76.8 cm³/mol. The van der Waals surface area contributed by atoms with Gasteiger partial charge in [-0.15, -0.1) is 0 Å². The molecule has 0 spiro atoms. The lowest BCUT2D eigenvalue weighted by Crippen LogP contribution is -2.29. The fourth-order valence-electron chi connectivity index (χ4n) is 1.69. The number of rotatable bonds is 8. The van der Waals surface area contributed by atoms with Crippen LogP contribution in [0.3, 0.4) is 0 Å². The Morgan fingerprint density at radius 3 is 2.50 bits per heavy atom. The van der Waals surface area contributed by atoms with Gasteiger partial charge in [0.1, 0.15) is 12.4 Å². The minimum atomic E-state index is -0.914. The van der Waals surface area contributed by atoms with E-state index in [4.69, 9.17) is 9.84 Å². The van der Waals surface area contributed by atoms with Gasteiger partial charge in [0.15, 0.2) is 0 Å². The number of likely N-dealkylation sites (N-methyl/N-ethyl adjacent to an activating group) is 1. The van der Waals surface area contributed by atoms with E-state index in [2.05, 4.69) is 6.58 Å². The normalized spacial score (nSPS) is 12.2. The van der Waals surface area contributed by atoms with Crippen LogP contribution in [0.4, 0.5) is 0 Å². The molecule has 5 nitrogen and oxygen atoms in total. The molecule has 0 heterocycles. The molecule has 1 aromatic carbocycles. The smallest absolute Gasteiger partial charge is 0.317 e. The number of hydrogen-bond acceptors (Lipinski definition) is 4. The van der Waals surface area contributed by atoms with Crippen molar-refractivity contribution in [3.63, 3.8) is 0 Å². The molecule has 110 valence electrons. The molecule has 0 saturated carbocycles. The van der Waals surface area contributed by atoms with Crippen molar-refractivity contribution in [3.05, 3.63) is 42.0 Å². The average Bonchev–Trinajstić information content (AvgIpc) is 2.35. The van der Waals surface area contributed by atoms with Gasteiger partial charge in [-0.05, 0) is 37.2 Å². The van der Waals surface area contributed by atoms with Gasteiger partial charge < -0.3 is 14.9 Å². The average molecular weight is 279 g/mol. The molecule has 1 unspecified atom stereocenters. The molecule has 5 heteroatoms. The maximum Gasteiger partial charge on any atom is 0.317 e. The highest BCUT2D eigenvalue weighted by molar-refractivity contribution is 5.69. The van der Waals surface area contributed by atoms with Crippen LogP contribution in [-0.2, 0) is 4.79 Å². The monoisotopic (exact) mass is 279 g/mol. The SMILES string of the molecule is C=C(C)COc1ccc(C(O)CN(C)CC(=O)O)cc1. The Morgan fingerprint density at radius 1 is 1.40 bits per heavy atom. The van der Waals surface area contributed by atoms with Gasteiger partial charge in [0.05, 0.1) is 12.6 Å². The Hall–Kier alpha value is -1.85. The predicted octanol–water partition coefficient (Wildman–Crippen LogP) is 1.69. The first-order chi connectivity index (χ1) is 9.38. The number of carbonyl (C=O) groups is 1. The van der Waals surface area contributed by atoms with Crippen LogP contribution in [0.2, 0.25) is 0 Å². The van der Waals surface area contributed by atoms with E-state index in [-0.39, 0.29) is 13.1 Å². The summed E-state index contributed by atoms with van der Waals surface area (Å²) < 4.78 is 5.47. The molecule has 0 aliphatic rings. The summed E-state index contributed by atoms with van der Waals surface area (Å²) in [4.78, 5) is 12.1. The van der Waals surface area contributed by atoms with E-state index in [0.29, 0.717) is 12.4 Å². The van der Waals surface area contributed by atoms with Crippen molar-refractivity contribution in [2.24, 2.45) is 0 Å². The molecule has 0 saturated heterocycles. The van der Waals surface area contributed by atoms with Crippen molar-refractivity contribution >= 4 is 5.97 Å². The van der Waals surface area contributed by atoms with Crippen LogP contribution in [0.25, 0.3) is 0 Å². The van der Waals surface area contributed by atoms with Crippen molar-refractivity contribution in [2.75, 3.05) is 26.7 Å². The van der Waals surface area contributed by atoms with Crippen LogP contribution >= 0.6 is 0 Å². The molecule has 0 radical (unpaired) electrons. The summed E-state index contributed by atoms with van der Waals surface area (Å²) in [6, 6.07) is 7.09. The molecule has 0 bridgehead atoms. The lowest BCUT2D eigenvalue weighted by Gasteiger charge is -2.19. The third-order valence-electron chi connectivity index (χ3n) is 2.64. The van der Waals surface area contributed by atoms with Crippen LogP contribution in [-0.4, -0.2) is 47.8 Å². The fourth-order valence-corrected chi connectivity index (χ4v) is 1.69. The highest BCUT2D eigenvalue weighted by Gasteiger charge is 2.12. The molecule has 1 aromatic rings. The standard InChI is InChI=1S/C15H21NO4/c1-11(2)10-20-13-6-4-12(5-7-13)14(17)8-16(3)9-15(18)19/h4-7,14,17H,1,8-10H2,2-3H3,(H,18,19). The Morgan fingerprint density at radius 2 is 2.00 bits per heavy atom. The summed E-state index contributed by atoms with van der Waals surface area (Å²) in [5.74, 6) is -0.203. The van der Waals surface area contributed by atoms with Crippen LogP contribution in [0, 0.1) is 0 Å². The lowest BCUT2D eigenvalue weighted by molar-refractivity contribution is -0.138. The second-order valence-corrected chi connectivity index (χ2v) is 4.92. The largest absolute Gasteiger partial charge is 0.489 e. The van der Waals surface area contributed by atoms with Gasteiger partial charge in [0, 0.05) is 6.54 Å². The first kappa shape index (κ1) is 16.2. The number of aliphatic carboxylic acids is 1. The van der Waals surface area contributed by atoms with Crippen molar-refractivity contribution in [3.8, 4) is 5.75 Å². The Kier molecular flexibility index (Phi) is 6.21. The van der Waals surface area contributed by atoms with Gasteiger partial charge in [-0.25, -0.2) is 0 Å². The Labute approximate surface area is 119 Å². The van der Waals surface area contributed by atoms with E-state index < -0.39 is 12.1 Å². The van der Waals surface area contributed by atoms with Crippen LogP contribution in [0.5, 0.6) is 5.75 Å². The van der Waals surface area contributed by atoms with Crippen LogP contribution in [0.15, 0.2) is 36.4 Å². The number of aliphatic hydroxyl groups is 1. The molecule has 1 atom stereocenters. The molecule has 0 aliphatic carbocycles. The lowest BCUT2D eigenvalue weighted by atomic mass is 10.1. The fraction of sp³-hybridized carbons (Fsp3) is 0.400. The summed E-state index contributed by atoms with van der Waals surface area (Å²) >= 11 is 0. The van der Waals surface area contributed by atoms with Crippen molar-refractivity contribution < 1.29 is 19.7 Å². The minimum absolute atomic E-state index is 0.100. The molecule has 0 amide bonds. The van der Waals surface area contributed by atoms with Crippen molar-refractivity contribution in [1.29, 1.82) is 0 Å². The van der Waals surface area contributed by atoms with Gasteiger partial charge in [-0.3, -0.25) is 9.69 Å². The van der Waals surface area contributed by atoms with E-state index >= 15 is 0 Å². The zero-order valence-corrected chi connectivity index (χ0v) is 11.9. The number of benzene rings is 1. The van der Waals surface area contributed by atoms with Crippen LogP contribution in [0.1, 0.15) is 18.6 Å². The van der Waals surface area contributed by atoms with E-state index in [0.717, 1.165) is 11.1 Å². The number of ether oxygens (including phenoxy) is 1. The summed E-state index contributed by atoms with van der Waals surface area (Å²) in [6.07, 6.45) is -0.727. The van der Waals surface area contributed by atoms with Gasteiger partial charge in [0.2, 0.25) is 0 Å². The highest BCUT2D eigenvalue weighted by Crippen LogP contribution is 2.18. The van der Waals surface area contributed by atoms with Gasteiger partial charge >= 0.3 is 5.97 Å². The van der Waals surface area contributed by atoms with E-state index in [9.17, 15) is 9.90 Å². The first-order valence-electron chi connectivity index (χ1n) is 6.34. The number of nitrogens with zero attached hydrogens (tertiary/aromatic N) is 1. The topological polar surface area (TPSA) is 70.0 Å². The molecule has 0 aliphatic heterocycles. The molecule has 0 fully saturated rings. The Bertz CT molecular complexity index is 455. The zero-order valence-electron chi connectivity index (χ0n) is 11.9. The quantitative estimate of drug-likeness (QED) is 0.709. The van der Waals surface area contributed by atoms with E-state index in [1.54, 1.807) is 36.2 Å². The van der Waals surface area contributed by atoms with Crippen LogP contribution < -0.4 is 4.74 Å². The minimum Gasteiger partial charge on any atom is -0.489 e. The first-order valence-corrected chi connectivity index (χ1v) is 6.34. The molecular weight excluding hydrogens is 258 g/mol. The third kappa shape index (κ3) is 5.86. The summed E-state index contributed by atoms with van der Waals surface area (Å²) in [7, 11) is 1.65. The molecule has 20 heavy (non-hydrogen) atoms. The maximum atomic E-state index is 10.6. The molecule has 1 rings (SSSR count). The molecular formula is C15H21NO4. The van der Waals surface area contributed by atoms with Gasteiger partial charge in [0.25, 0.3) is 0 Å². The van der Waals surface area contributed by atoms with E-state index in [1.807, 2.05) is 6.92 Å². The second-order valence-electron chi connectivity index (χ2n) is 4.92. The van der Waals surface area contributed by atoms with Crippen molar-refractivity contribution in [2.45, 2.75) is 13.0 Å². The highest BCUT2D eigenvalue weighted by atomic mass is 16.5. The number of carboxylic acid groups (broad SMARTS) is 1. The van der Waals surface area contributed by atoms with Crippen molar-refractivity contribution in [1.82, 2.24) is 4.90 Å². The summed E-state index contributed by atoms with van der Waals surface area (Å²) in [6.45, 7) is 6.26. The maximum absolute atomic E-state index is 10.6.